The van der Waals surface area contributed by atoms with E-state index in [-0.39, 0.29) is 30.7 Å². The average Bonchev–Trinajstić information content (AvgIpc) is 3.07. The number of pyridine rings is 1. The van der Waals surface area contributed by atoms with Gasteiger partial charge in [-0.05, 0) is 44.0 Å². The molecule has 28 heavy (non-hydrogen) atoms. The van der Waals surface area contributed by atoms with Gasteiger partial charge in [0.05, 0.1) is 22.4 Å². The Kier molecular flexibility index (Phi) is 8.35. The van der Waals surface area contributed by atoms with E-state index in [4.69, 9.17) is 5.73 Å². The summed E-state index contributed by atoms with van der Waals surface area (Å²) in [6.07, 6.45) is 3.27. The topological polar surface area (TPSA) is 98.7 Å². The predicted molar refractivity (Wildman–Crippen MR) is 116 cm³/mol. The van der Waals surface area contributed by atoms with Crippen molar-refractivity contribution in [1.29, 1.82) is 0 Å². The standard InChI is InChI=1S/C19H24N6O.2ClH/c1-4-19(5-2,12-20)22-18(26)17-13(3)25(24-23-17)16-10-6-9-15-14(16)8-7-11-21-15;;/h6-11H,4-5,12,20H2,1-3H3,(H,22,26);2*1H. The number of amides is 1. The molecule has 0 aliphatic rings. The molecule has 0 fully saturated rings. The number of benzene rings is 1. The molecule has 1 amide bonds. The maximum absolute atomic E-state index is 12.8. The molecule has 0 radical (unpaired) electrons. The second-order valence-corrected chi connectivity index (χ2v) is 6.43. The van der Waals surface area contributed by atoms with Gasteiger partial charge < -0.3 is 11.1 Å². The number of halogens is 2. The second-order valence-electron chi connectivity index (χ2n) is 6.43. The quantitative estimate of drug-likeness (QED) is 0.632. The fraction of sp³-hybridized carbons (Fsp3) is 0.368. The number of hydrogen-bond donors (Lipinski definition) is 2. The lowest BCUT2D eigenvalue weighted by molar-refractivity contribution is 0.0889. The Hall–Kier alpha value is -2.22. The van der Waals surface area contributed by atoms with Crippen LogP contribution in [0.3, 0.4) is 0 Å². The van der Waals surface area contributed by atoms with Crippen molar-refractivity contribution in [2.75, 3.05) is 6.54 Å². The van der Waals surface area contributed by atoms with Crippen LogP contribution in [0.4, 0.5) is 0 Å². The van der Waals surface area contributed by atoms with E-state index < -0.39 is 5.54 Å². The third kappa shape index (κ3) is 4.27. The largest absolute Gasteiger partial charge is 0.344 e. The van der Waals surface area contributed by atoms with Crippen molar-refractivity contribution in [2.24, 2.45) is 5.73 Å². The SMILES string of the molecule is CCC(CC)(CN)NC(=O)c1nnn(-c2cccc3ncccc23)c1C.Cl.Cl. The molecule has 2 aromatic heterocycles. The van der Waals surface area contributed by atoms with Crippen LogP contribution in [0.5, 0.6) is 0 Å². The summed E-state index contributed by atoms with van der Waals surface area (Å²) in [6.45, 7) is 6.26. The molecule has 0 bridgehead atoms. The summed E-state index contributed by atoms with van der Waals surface area (Å²) < 4.78 is 1.68. The minimum absolute atomic E-state index is 0. The minimum Gasteiger partial charge on any atom is -0.344 e. The van der Waals surface area contributed by atoms with Gasteiger partial charge in [-0.2, -0.15) is 0 Å². The Morgan fingerprint density at radius 3 is 2.54 bits per heavy atom. The summed E-state index contributed by atoms with van der Waals surface area (Å²) in [6, 6.07) is 9.65. The Morgan fingerprint density at radius 1 is 1.18 bits per heavy atom. The van der Waals surface area contributed by atoms with Crippen molar-refractivity contribution >= 4 is 41.6 Å². The smallest absolute Gasteiger partial charge is 0.274 e. The maximum atomic E-state index is 12.8. The normalized spacial score (nSPS) is 10.9. The van der Waals surface area contributed by atoms with Crippen LogP contribution in [0, 0.1) is 6.92 Å². The van der Waals surface area contributed by atoms with Crippen LogP contribution in [-0.4, -0.2) is 38.0 Å². The van der Waals surface area contributed by atoms with Crippen LogP contribution in [0.1, 0.15) is 42.9 Å². The lowest BCUT2D eigenvalue weighted by atomic mass is 9.92. The number of fused-ring (bicyclic) bond motifs is 1. The molecule has 1 aromatic carbocycles. The zero-order chi connectivity index (χ0) is 18.7. The van der Waals surface area contributed by atoms with Gasteiger partial charge in [-0.3, -0.25) is 9.78 Å². The van der Waals surface area contributed by atoms with Crippen LogP contribution in [0.2, 0.25) is 0 Å². The van der Waals surface area contributed by atoms with Gasteiger partial charge in [0.15, 0.2) is 5.69 Å². The average molecular weight is 425 g/mol. The van der Waals surface area contributed by atoms with Gasteiger partial charge in [0, 0.05) is 18.1 Å². The molecule has 0 saturated carbocycles. The first-order valence-electron chi connectivity index (χ1n) is 8.84. The van der Waals surface area contributed by atoms with Gasteiger partial charge >= 0.3 is 0 Å². The molecule has 0 atom stereocenters. The maximum Gasteiger partial charge on any atom is 0.274 e. The van der Waals surface area contributed by atoms with Gasteiger partial charge in [0.1, 0.15) is 0 Å². The molecular formula is C19H26Cl2N6O. The third-order valence-corrected chi connectivity index (χ3v) is 5.08. The van der Waals surface area contributed by atoms with E-state index >= 15 is 0 Å². The van der Waals surface area contributed by atoms with E-state index in [9.17, 15) is 4.79 Å². The highest BCUT2D eigenvalue weighted by Crippen LogP contribution is 2.22. The van der Waals surface area contributed by atoms with Gasteiger partial charge in [0.2, 0.25) is 0 Å². The van der Waals surface area contributed by atoms with Crippen LogP contribution in [0.25, 0.3) is 16.6 Å². The number of nitrogens with two attached hydrogens (primary N) is 1. The Morgan fingerprint density at radius 2 is 1.89 bits per heavy atom. The number of aromatic nitrogens is 4. The first kappa shape index (κ1) is 23.8. The molecule has 3 aromatic rings. The van der Waals surface area contributed by atoms with Crippen molar-refractivity contribution in [3.63, 3.8) is 0 Å². The highest BCUT2D eigenvalue weighted by molar-refractivity contribution is 5.94. The molecule has 0 aliphatic carbocycles. The summed E-state index contributed by atoms with van der Waals surface area (Å²) in [4.78, 5) is 17.1. The lowest BCUT2D eigenvalue weighted by Gasteiger charge is -2.31. The van der Waals surface area contributed by atoms with Gasteiger partial charge in [-0.1, -0.05) is 25.1 Å². The van der Waals surface area contributed by atoms with Crippen molar-refractivity contribution in [2.45, 2.75) is 39.2 Å². The van der Waals surface area contributed by atoms with Crippen molar-refractivity contribution in [1.82, 2.24) is 25.3 Å². The summed E-state index contributed by atoms with van der Waals surface area (Å²) in [5.74, 6) is -0.249. The Bertz CT molecular complexity index is 926. The number of nitrogens with one attached hydrogen (secondary N) is 1. The zero-order valence-electron chi connectivity index (χ0n) is 16.2. The number of carbonyl (C=O) groups is 1. The van der Waals surface area contributed by atoms with E-state index in [1.807, 2.05) is 51.1 Å². The molecule has 3 rings (SSSR count). The minimum atomic E-state index is -0.420. The highest BCUT2D eigenvalue weighted by atomic mass is 35.5. The summed E-state index contributed by atoms with van der Waals surface area (Å²) in [7, 11) is 0. The fourth-order valence-electron chi connectivity index (χ4n) is 3.11. The van der Waals surface area contributed by atoms with Gasteiger partial charge in [-0.25, -0.2) is 4.68 Å². The molecule has 152 valence electrons. The highest BCUT2D eigenvalue weighted by Gasteiger charge is 2.29. The molecule has 7 nitrogen and oxygen atoms in total. The summed E-state index contributed by atoms with van der Waals surface area (Å²) in [5.41, 5.74) is 8.17. The van der Waals surface area contributed by atoms with Gasteiger partial charge in [0.25, 0.3) is 5.91 Å². The second kappa shape index (κ2) is 9.82. The van der Waals surface area contributed by atoms with Gasteiger partial charge in [-0.15, -0.1) is 29.9 Å². The molecule has 0 aliphatic heterocycles. The van der Waals surface area contributed by atoms with E-state index in [0.29, 0.717) is 17.9 Å². The number of rotatable bonds is 6. The molecule has 0 saturated heterocycles. The Labute approximate surface area is 176 Å². The van der Waals surface area contributed by atoms with E-state index in [1.54, 1.807) is 10.9 Å². The van der Waals surface area contributed by atoms with Crippen LogP contribution < -0.4 is 11.1 Å². The van der Waals surface area contributed by atoms with Crippen molar-refractivity contribution in [3.8, 4) is 5.69 Å². The predicted octanol–water partition coefficient (Wildman–Crippen LogP) is 3.21. The molecule has 3 N–H and O–H groups in total. The summed E-state index contributed by atoms with van der Waals surface area (Å²) in [5, 5.41) is 12.3. The lowest BCUT2D eigenvalue weighted by Crippen LogP contribution is -2.53. The van der Waals surface area contributed by atoms with Crippen molar-refractivity contribution < 1.29 is 4.79 Å². The van der Waals surface area contributed by atoms with E-state index in [2.05, 4.69) is 20.6 Å². The van der Waals surface area contributed by atoms with Crippen LogP contribution in [-0.2, 0) is 0 Å². The zero-order valence-corrected chi connectivity index (χ0v) is 17.8. The number of carbonyl (C=O) groups excluding carboxylic acids is 1. The first-order valence-corrected chi connectivity index (χ1v) is 8.84. The van der Waals surface area contributed by atoms with E-state index in [1.165, 1.54) is 0 Å². The molecule has 9 heteroatoms. The van der Waals surface area contributed by atoms with E-state index in [0.717, 1.165) is 29.4 Å². The molecular weight excluding hydrogens is 399 g/mol. The first-order chi connectivity index (χ1) is 12.5. The molecule has 2 heterocycles. The number of hydrogen-bond acceptors (Lipinski definition) is 5. The third-order valence-electron chi connectivity index (χ3n) is 5.08. The number of nitrogens with zero attached hydrogens (tertiary/aromatic N) is 4. The summed E-state index contributed by atoms with van der Waals surface area (Å²) >= 11 is 0. The molecule has 0 unspecified atom stereocenters. The van der Waals surface area contributed by atoms with Crippen LogP contribution in [0.15, 0.2) is 36.5 Å². The fourth-order valence-corrected chi connectivity index (χ4v) is 3.11. The van der Waals surface area contributed by atoms with Crippen LogP contribution >= 0.6 is 24.8 Å². The van der Waals surface area contributed by atoms with Crippen molar-refractivity contribution in [3.05, 3.63) is 47.9 Å². The Balaban J connectivity index is 0.00000196. The molecule has 0 spiro atoms. The monoisotopic (exact) mass is 424 g/mol.